The maximum Gasteiger partial charge on any atom is 0.372 e. The Balaban J connectivity index is 2.36. The number of methoxy groups -OCH3 is 1. The molecular weight excluding hydrogens is 310 g/mol. The van der Waals surface area contributed by atoms with Gasteiger partial charge in [-0.15, -0.1) is 0 Å². The van der Waals surface area contributed by atoms with Crippen LogP contribution in [0.2, 0.25) is 0 Å². The molecule has 0 bridgehead atoms. The molecule has 24 heavy (non-hydrogen) atoms. The highest BCUT2D eigenvalue weighted by molar-refractivity contribution is 6.37. The van der Waals surface area contributed by atoms with Gasteiger partial charge in [0.2, 0.25) is 5.78 Å². The molecule has 2 aromatic rings. The number of carbonyl (C=O) groups is 3. The first-order valence-electron chi connectivity index (χ1n) is 7.22. The second-order valence-electron chi connectivity index (χ2n) is 5.26. The van der Waals surface area contributed by atoms with Crippen LogP contribution in [0.4, 0.5) is 5.69 Å². The summed E-state index contributed by atoms with van der Waals surface area (Å²) in [5, 5.41) is 8.65. The number of carboxylic acid groups (broad SMARTS) is 1. The summed E-state index contributed by atoms with van der Waals surface area (Å²) in [5.41, 5.74) is 8.11. The molecule has 6 heteroatoms. The summed E-state index contributed by atoms with van der Waals surface area (Å²) in [4.78, 5) is 34.2. The lowest BCUT2D eigenvalue weighted by atomic mass is 9.97. The van der Waals surface area contributed by atoms with E-state index >= 15 is 0 Å². The van der Waals surface area contributed by atoms with E-state index in [0.29, 0.717) is 6.42 Å². The summed E-state index contributed by atoms with van der Waals surface area (Å²) in [6.07, 6.45) is -0.192. The van der Waals surface area contributed by atoms with Gasteiger partial charge in [0.15, 0.2) is 11.5 Å². The number of anilines is 1. The van der Waals surface area contributed by atoms with Crippen molar-refractivity contribution in [2.45, 2.75) is 12.8 Å². The molecule has 0 aliphatic heterocycles. The molecule has 0 heterocycles. The maximum atomic E-state index is 12.3. The van der Waals surface area contributed by atoms with Gasteiger partial charge in [-0.3, -0.25) is 9.59 Å². The Bertz CT molecular complexity index is 783. The van der Waals surface area contributed by atoms with Crippen molar-refractivity contribution < 1.29 is 24.2 Å². The third-order valence-corrected chi connectivity index (χ3v) is 3.49. The molecule has 2 rings (SSSR count). The Kier molecular flexibility index (Phi) is 5.31. The van der Waals surface area contributed by atoms with Gasteiger partial charge in [-0.2, -0.15) is 0 Å². The zero-order valence-electron chi connectivity index (χ0n) is 13.1. The van der Waals surface area contributed by atoms with Gasteiger partial charge in [0, 0.05) is 0 Å². The molecule has 0 saturated heterocycles. The highest BCUT2D eigenvalue weighted by Crippen LogP contribution is 2.30. The molecule has 0 aromatic heterocycles. The van der Waals surface area contributed by atoms with E-state index in [1.54, 1.807) is 12.1 Å². The third kappa shape index (κ3) is 3.98. The van der Waals surface area contributed by atoms with Gasteiger partial charge in [0.05, 0.1) is 24.8 Å². The van der Waals surface area contributed by atoms with Gasteiger partial charge in [-0.1, -0.05) is 30.3 Å². The van der Waals surface area contributed by atoms with Crippen LogP contribution in [0.25, 0.3) is 0 Å². The fourth-order valence-electron chi connectivity index (χ4n) is 2.40. The number of hydrogen-bond acceptors (Lipinski definition) is 5. The van der Waals surface area contributed by atoms with Crippen LogP contribution in [0.1, 0.15) is 27.9 Å². The highest BCUT2D eigenvalue weighted by atomic mass is 16.5. The molecule has 0 atom stereocenters. The SMILES string of the molecule is COc1c(N)cc(Cc2ccccc2)cc1C(=O)CC(=O)C(=O)O. The Morgan fingerprint density at radius 3 is 2.33 bits per heavy atom. The van der Waals surface area contributed by atoms with E-state index in [1.807, 2.05) is 30.3 Å². The maximum absolute atomic E-state index is 12.3. The minimum Gasteiger partial charge on any atom is -0.494 e. The van der Waals surface area contributed by atoms with Gasteiger partial charge in [0.1, 0.15) is 0 Å². The highest BCUT2D eigenvalue weighted by Gasteiger charge is 2.22. The van der Waals surface area contributed by atoms with E-state index in [4.69, 9.17) is 15.6 Å². The summed E-state index contributed by atoms with van der Waals surface area (Å²) < 4.78 is 5.14. The monoisotopic (exact) mass is 327 g/mol. The van der Waals surface area contributed by atoms with Crippen molar-refractivity contribution in [1.82, 2.24) is 0 Å². The quantitative estimate of drug-likeness (QED) is 0.349. The van der Waals surface area contributed by atoms with E-state index in [9.17, 15) is 14.4 Å². The summed E-state index contributed by atoms with van der Waals surface area (Å²) in [7, 11) is 1.36. The number of carboxylic acids is 1. The molecular formula is C18H17NO5. The Morgan fingerprint density at radius 2 is 1.75 bits per heavy atom. The van der Waals surface area contributed by atoms with Crippen LogP contribution in [-0.2, 0) is 16.0 Å². The van der Waals surface area contributed by atoms with E-state index < -0.39 is 24.0 Å². The number of nitrogens with two attached hydrogens (primary N) is 1. The van der Waals surface area contributed by atoms with Gasteiger partial charge in [-0.25, -0.2) is 4.79 Å². The van der Waals surface area contributed by atoms with Crippen molar-refractivity contribution in [3.05, 3.63) is 59.2 Å². The number of hydrogen-bond donors (Lipinski definition) is 2. The van der Waals surface area contributed by atoms with Crippen LogP contribution in [0.5, 0.6) is 5.75 Å². The molecule has 0 fully saturated rings. The molecule has 124 valence electrons. The lowest BCUT2D eigenvalue weighted by molar-refractivity contribution is -0.148. The number of ether oxygens (including phenoxy) is 1. The van der Waals surface area contributed by atoms with Crippen LogP contribution in [0.3, 0.4) is 0 Å². The molecule has 0 amide bonds. The van der Waals surface area contributed by atoms with Gasteiger partial charge >= 0.3 is 5.97 Å². The van der Waals surface area contributed by atoms with Crippen LogP contribution in [0.15, 0.2) is 42.5 Å². The zero-order chi connectivity index (χ0) is 17.7. The van der Waals surface area contributed by atoms with E-state index in [1.165, 1.54) is 7.11 Å². The Labute approximate surface area is 138 Å². The molecule has 0 spiro atoms. The summed E-state index contributed by atoms with van der Waals surface area (Å²) >= 11 is 0. The molecule has 3 N–H and O–H groups in total. The number of ketones is 2. The first kappa shape index (κ1) is 17.2. The molecule has 2 aromatic carbocycles. The topological polar surface area (TPSA) is 107 Å². The summed E-state index contributed by atoms with van der Waals surface area (Å²) in [6, 6.07) is 12.9. The van der Waals surface area contributed by atoms with E-state index in [2.05, 4.69) is 0 Å². The molecule has 0 radical (unpaired) electrons. The Morgan fingerprint density at radius 1 is 1.08 bits per heavy atom. The van der Waals surface area contributed by atoms with Gasteiger partial charge in [-0.05, 0) is 29.7 Å². The number of Topliss-reactive ketones (excluding diaryl/α,β-unsaturated/α-hetero) is 2. The zero-order valence-corrected chi connectivity index (χ0v) is 13.1. The predicted molar refractivity (Wildman–Crippen MR) is 88.2 cm³/mol. The van der Waals surface area contributed by atoms with Crippen LogP contribution in [0, 0.1) is 0 Å². The normalized spacial score (nSPS) is 10.2. The molecule has 6 nitrogen and oxygen atoms in total. The minimum atomic E-state index is -1.64. The van der Waals surface area contributed by atoms with Gasteiger partial charge < -0.3 is 15.6 Å². The number of nitrogen functional groups attached to an aromatic ring is 1. The van der Waals surface area contributed by atoms with Crippen molar-refractivity contribution in [1.29, 1.82) is 0 Å². The van der Waals surface area contributed by atoms with Crippen molar-refractivity contribution in [3.63, 3.8) is 0 Å². The average molecular weight is 327 g/mol. The third-order valence-electron chi connectivity index (χ3n) is 3.49. The fraction of sp³-hybridized carbons (Fsp3) is 0.167. The molecule has 0 saturated carbocycles. The summed E-state index contributed by atoms with van der Waals surface area (Å²) in [5.74, 6) is -3.30. The average Bonchev–Trinajstić information content (AvgIpc) is 2.55. The second-order valence-corrected chi connectivity index (χ2v) is 5.26. The number of carbonyl (C=O) groups excluding carboxylic acids is 2. The minimum absolute atomic E-state index is 0.109. The second kappa shape index (κ2) is 7.41. The van der Waals surface area contributed by atoms with Gasteiger partial charge in [0.25, 0.3) is 0 Å². The van der Waals surface area contributed by atoms with Crippen LogP contribution < -0.4 is 10.5 Å². The fourth-order valence-corrected chi connectivity index (χ4v) is 2.40. The van der Waals surface area contributed by atoms with E-state index in [0.717, 1.165) is 11.1 Å². The van der Waals surface area contributed by atoms with Crippen LogP contribution >= 0.6 is 0 Å². The number of aliphatic carboxylic acids is 1. The first-order valence-corrected chi connectivity index (χ1v) is 7.22. The molecule has 0 aliphatic carbocycles. The van der Waals surface area contributed by atoms with Crippen molar-refractivity contribution in [3.8, 4) is 5.75 Å². The largest absolute Gasteiger partial charge is 0.494 e. The lowest BCUT2D eigenvalue weighted by Crippen LogP contribution is -2.18. The Hall–Kier alpha value is -3.15. The number of benzene rings is 2. The van der Waals surface area contributed by atoms with Crippen molar-refractivity contribution >= 4 is 23.2 Å². The smallest absolute Gasteiger partial charge is 0.372 e. The first-order chi connectivity index (χ1) is 11.4. The van der Waals surface area contributed by atoms with Crippen LogP contribution in [-0.4, -0.2) is 29.8 Å². The van der Waals surface area contributed by atoms with Crippen molar-refractivity contribution in [2.75, 3.05) is 12.8 Å². The standard InChI is InChI=1S/C18H17NO5/c1-24-17-13(15(20)10-16(21)18(22)23)8-12(9-14(17)19)7-11-5-3-2-4-6-11/h2-6,8-9H,7,10,19H2,1H3,(H,22,23). The number of rotatable bonds is 7. The molecule has 0 unspecified atom stereocenters. The lowest BCUT2D eigenvalue weighted by Gasteiger charge is -2.13. The summed E-state index contributed by atoms with van der Waals surface area (Å²) in [6.45, 7) is 0. The van der Waals surface area contributed by atoms with E-state index in [-0.39, 0.29) is 17.0 Å². The predicted octanol–water partition coefficient (Wildman–Crippen LogP) is 2.09. The van der Waals surface area contributed by atoms with Crippen molar-refractivity contribution in [2.24, 2.45) is 0 Å². The molecule has 0 aliphatic rings.